The van der Waals surface area contributed by atoms with E-state index in [-0.39, 0.29) is 5.69 Å². The molecule has 2 heterocycles. The van der Waals surface area contributed by atoms with Crippen LogP contribution >= 0.6 is 15.9 Å². The van der Waals surface area contributed by atoms with Crippen molar-refractivity contribution >= 4 is 27.7 Å². The van der Waals surface area contributed by atoms with Gasteiger partial charge in [-0.05, 0) is 34.1 Å². The van der Waals surface area contributed by atoms with Crippen LogP contribution in [-0.4, -0.2) is 10.9 Å². The Morgan fingerprint density at radius 1 is 1.35 bits per heavy atom. The van der Waals surface area contributed by atoms with E-state index >= 15 is 0 Å². The first kappa shape index (κ1) is 11.5. The first-order valence-corrected chi connectivity index (χ1v) is 5.57. The summed E-state index contributed by atoms with van der Waals surface area (Å²) in [5, 5.41) is 13.9. The van der Waals surface area contributed by atoms with Crippen molar-refractivity contribution in [2.45, 2.75) is 0 Å². The Hall–Kier alpha value is -1.95. The molecule has 1 amide bonds. The molecular formula is C11H8BrN3O2. The third-order valence-electron chi connectivity index (χ3n) is 2.03. The zero-order chi connectivity index (χ0) is 12.3. The number of pyridine rings is 2. The summed E-state index contributed by atoms with van der Waals surface area (Å²) < 4.78 is 1.32. The van der Waals surface area contributed by atoms with E-state index in [0.717, 1.165) is 4.47 Å². The Labute approximate surface area is 106 Å². The van der Waals surface area contributed by atoms with Crippen molar-refractivity contribution in [3.63, 3.8) is 0 Å². The van der Waals surface area contributed by atoms with Crippen molar-refractivity contribution in [2.75, 3.05) is 5.32 Å². The molecule has 0 aromatic carbocycles. The van der Waals surface area contributed by atoms with Crippen molar-refractivity contribution in [1.29, 1.82) is 0 Å². The van der Waals surface area contributed by atoms with Gasteiger partial charge in [0.2, 0.25) is 0 Å². The van der Waals surface area contributed by atoms with Crippen molar-refractivity contribution in [1.82, 2.24) is 4.98 Å². The molecule has 0 saturated heterocycles. The molecule has 86 valence electrons. The molecule has 0 spiro atoms. The normalized spacial score (nSPS) is 9.94. The molecule has 2 aromatic rings. The lowest BCUT2D eigenvalue weighted by Crippen LogP contribution is -2.36. The van der Waals surface area contributed by atoms with Gasteiger partial charge in [0.15, 0.2) is 6.20 Å². The molecule has 0 aliphatic carbocycles. The Bertz CT molecular complexity index is 543. The lowest BCUT2D eigenvalue weighted by Gasteiger charge is -2.04. The molecule has 0 atom stereocenters. The van der Waals surface area contributed by atoms with Crippen molar-refractivity contribution in [3.05, 3.63) is 58.1 Å². The maximum absolute atomic E-state index is 11.7. The van der Waals surface area contributed by atoms with Crippen molar-refractivity contribution in [2.24, 2.45) is 0 Å². The zero-order valence-corrected chi connectivity index (χ0v) is 10.2. The Morgan fingerprint density at radius 3 is 2.82 bits per heavy atom. The van der Waals surface area contributed by atoms with E-state index < -0.39 is 5.91 Å². The van der Waals surface area contributed by atoms with Crippen LogP contribution in [0.15, 0.2) is 47.2 Å². The fourth-order valence-electron chi connectivity index (χ4n) is 1.23. The fraction of sp³-hybridized carbons (Fsp3) is 0. The van der Waals surface area contributed by atoms with Gasteiger partial charge in [-0.1, -0.05) is 0 Å². The van der Waals surface area contributed by atoms with E-state index in [0.29, 0.717) is 10.5 Å². The first-order valence-electron chi connectivity index (χ1n) is 4.78. The molecule has 0 fully saturated rings. The quantitative estimate of drug-likeness (QED) is 0.677. The summed E-state index contributed by atoms with van der Waals surface area (Å²) in [6, 6.07) is 8.01. The summed E-state index contributed by atoms with van der Waals surface area (Å²) in [4.78, 5) is 15.7. The van der Waals surface area contributed by atoms with E-state index in [2.05, 4.69) is 26.2 Å². The van der Waals surface area contributed by atoms with E-state index in [1.807, 2.05) is 0 Å². The van der Waals surface area contributed by atoms with Crippen LogP contribution in [0.4, 0.5) is 5.82 Å². The minimum absolute atomic E-state index is 0.0252. The second-order valence-electron chi connectivity index (χ2n) is 3.23. The summed E-state index contributed by atoms with van der Waals surface area (Å²) >= 11 is 3.24. The van der Waals surface area contributed by atoms with Gasteiger partial charge in [0, 0.05) is 22.8 Å². The Kier molecular flexibility index (Phi) is 3.34. The van der Waals surface area contributed by atoms with Gasteiger partial charge in [0.25, 0.3) is 5.69 Å². The van der Waals surface area contributed by atoms with Gasteiger partial charge in [0.05, 0.1) is 0 Å². The van der Waals surface area contributed by atoms with Crippen LogP contribution < -0.4 is 10.0 Å². The predicted octanol–water partition coefficient (Wildman–Crippen LogP) is 1.73. The topological polar surface area (TPSA) is 68.9 Å². The van der Waals surface area contributed by atoms with Crippen LogP contribution in [-0.2, 0) is 0 Å². The summed E-state index contributed by atoms with van der Waals surface area (Å²) in [6.07, 6.45) is 2.83. The number of rotatable bonds is 2. The average Bonchev–Trinajstić information content (AvgIpc) is 2.32. The number of carbonyl (C=O) groups excluding carboxylic acids is 1. The monoisotopic (exact) mass is 293 g/mol. The average molecular weight is 294 g/mol. The molecule has 6 heteroatoms. The van der Waals surface area contributed by atoms with Gasteiger partial charge in [-0.3, -0.25) is 4.79 Å². The summed E-state index contributed by atoms with van der Waals surface area (Å²) in [7, 11) is 0. The van der Waals surface area contributed by atoms with Crippen LogP contribution in [0.3, 0.4) is 0 Å². The standard InChI is InChI=1S/C11H8BrN3O2/c12-8-4-5-10(13-7-8)14-11(16)9-3-1-2-6-15(9)17/h1-7H,(H,13,14,16). The first-order chi connectivity index (χ1) is 8.16. The van der Waals surface area contributed by atoms with Crippen molar-refractivity contribution < 1.29 is 9.52 Å². The van der Waals surface area contributed by atoms with E-state index in [9.17, 15) is 10.0 Å². The van der Waals surface area contributed by atoms with E-state index in [1.54, 1.807) is 30.5 Å². The molecule has 0 saturated carbocycles. The fourth-order valence-corrected chi connectivity index (χ4v) is 1.47. The lowest BCUT2D eigenvalue weighted by molar-refractivity contribution is -0.607. The van der Waals surface area contributed by atoms with Gasteiger partial charge in [-0.25, -0.2) is 4.98 Å². The number of aromatic nitrogens is 2. The molecule has 17 heavy (non-hydrogen) atoms. The number of amides is 1. The Morgan fingerprint density at radius 2 is 2.18 bits per heavy atom. The smallest absolute Gasteiger partial charge is 0.322 e. The highest BCUT2D eigenvalue weighted by atomic mass is 79.9. The zero-order valence-electron chi connectivity index (χ0n) is 8.63. The molecule has 5 nitrogen and oxygen atoms in total. The minimum atomic E-state index is -0.490. The van der Waals surface area contributed by atoms with Crippen molar-refractivity contribution in [3.8, 4) is 0 Å². The molecule has 0 unspecified atom stereocenters. The molecule has 2 aromatic heterocycles. The number of carbonyl (C=O) groups is 1. The van der Waals surface area contributed by atoms with Crippen LogP contribution in [0, 0.1) is 5.21 Å². The maximum Gasteiger partial charge on any atom is 0.322 e. The molecule has 0 aliphatic rings. The number of anilines is 1. The van der Waals surface area contributed by atoms with Gasteiger partial charge in [-0.2, -0.15) is 4.73 Å². The number of nitrogens with one attached hydrogen (secondary N) is 1. The van der Waals surface area contributed by atoms with Crippen LogP contribution in [0.1, 0.15) is 10.5 Å². The molecular weight excluding hydrogens is 286 g/mol. The van der Waals surface area contributed by atoms with Crippen LogP contribution in [0.25, 0.3) is 0 Å². The SMILES string of the molecule is O=C(Nc1ccc(Br)cn1)c1cccc[n+]1[O-]. The molecule has 1 N–H and O–H groups in total. The summed E-state index contributed by atoms with van der Waals surface area (Å²) in [5.41, 5.74) is 0.0252. The number of hydrogen-bond acceptors (Lipinski definition) is 3. The lowest BCUT2D eigenvalue weighted by atomic mass is 10.3. The van der Waals surface area contributed by atoms with Crippen LogP contribution in [0.5, 0.6) is 0 Å². The van der Waals surface area contributed by atoms with Gasteiger partial charge in [-0.15, -0.1) is 0 Å². The molecule has 2 rings (SSSR count). The highest BCUT2D eigenvalue weighted by Gasteiger charge is 2.15. The molecule has 0 radical (unpaired) electrons. The predicted molar refractivity (Wildman–Crippen MR) is 65.3 cm³/mol. The maximum atomic E-state index is 11.7. The van der Waals surface area contributed by atoms with Gasteiger partial charge < -0.3 is 10.5 Å². The second kappa shape index (κ2) is 4.92. The number of hydrogen-bond donors (Lipinski definition) is 1. The second-order valence-corrected chi connectivity index (χ2v) is 4.14. The minimum Gasteiger partial charge on any atom is -0.618 e. The molecule has 0 bridgehead atoms. The molecule has 0 aliphatic heterocycles. The number of halogens is 1. The van der Waals surface area contributed by atoms with E-state index in [4.69, 9.17) is 0 Å². The summed E-state index contributed by atoms with van der Waals surface area (Å²) in [6.45, 7) is 0. The van der Waals surface area contributed by atoms with Crippen LogP contribution in [0.2, 0.25) is 0 Å². The van der Waals surface area contributed by atoms with Gasteiger partial charge >= 0.3 is 5.91 Å². The van der Waals surface area contributed by atoms with E-state index in [1.165, 1.54) is 12.3 Å². The Balaban J connectivity index is 2.17. The highest BCUT2D eigenvalue weighted by molar-refractivity contribution is 9.10. The highest BCUT2D eigenvalue weighted by Crippen LogP contribution is 2.10. The summed E-state index contributed by atoms with van der Waals surface area (Å²) in [5.74, 6) is -0.0996. The third-order valence-corrected chi connectivity index (χ3v) is 2.49. The largest absolute Gasteiger partial charge is 0.618 e. The van der Waals surface area contributed by atoms with Gasteiger partial charge in [0.1, 0.15) is 5.82 Å². The number of nitrogens with zero attached hydrogens (tertiary/aromatic N) is 2. The third kappa shape index (κ3) is 2.79.